The Bertz CT molecular complexity index is 2820. The van der Waals surface area contributed by atoms with Gasteiger partial charge in [0.05, 0.1) is 5.69 Å². The van der Waals surface area contributed by atoms with Crippen molar-refractivity contribution >= 4 is 99.4 Å². The van der Waals surface area contributed by atoms with E-state index in [-0.39, 0.29) is 0 Å². The average molecular weight is 647 g/mol. The summed E-state index contributed by atoms with van der Waals surface area (Å²) in [7, 11) is 0. The lowest BCUT2D eigenvalue weighted by molar-refractivity contribution is 1.59. The molecular weight excluding hydrogens is 613 g/mol. The molecule has 6 nitrogen and oxygen atoms in total. The normalized spacial score (nSPS) is 11.5. The lowest BCUT2D eigenvalue weighted by Crippen LogP contribution is -1.99. The molecule has 0 aliphatic rings. The number of hydrogen-bond acceptors (Lipinski definition) is 6. The van der Waals surface area contributed by atoms with Crippen LogP contribution in [0.1, 0.15) is 0 Å². The molecule has 0 unspecified atom stereocenters. The van der Waals surface area contributed by atoms with Gasteiger partial charge in [0.25, 0.3) is 0 Å². The Morgan fingerprint density at radius 2 is 0.940 bits per heavy atom. The van der Waals surface area contributed by atoms with Crippen molar-refractivity contribution in [3.05, 3.63) is 146 Å². The first kappa shape index (κ1) is 29.2. The van der Waals surface area contributed by atoms with Crippen molar-refractivity contribution in [2.45, 2.75) is 0 Å². The Morgan fingerprint density at radius 1 is 0.340 bits per heavy atom. The molecule has 6 heteroatoms. The van der Waals surface area contributed by atoms with Crippen LogP contribution in [0, 0.1) is 0 Å². The minimum absolute atomic E-state index is 0.688. The maximum Gasteiger partial charge on any atom is 0.0545 e. The zero-order valence-corrected chi connectivity index (χ0v) is 27.2. The third-order valence-corrected chi connectivity index (χ3v) is 9.81. The van der Waals surface area contributed by atoms with Gasteiger partial charge >= 0.3 is 0 Å². The van der Waals surface area contributed by atoms with E-state index in [1.165, 1.54) is 0 Å². The lowest BCUT2D eigenvalue weighted by Gasteiger charge is -2.19. The Balaban J connectivity index is 1.19. The zero-order chi connectivity index (χ0) is 33.9. The van der Waals surface area contributed by atoms with Crippen LogP contribution in [0.15, 0.2) is 146 Å². The van der Waals surface area contributed by atoms with Crippen molar-refractivity contribution in [3.63, 3.8) is 0 Å². The van der Waals surface area contributed by atoms with Gasteiger partial charge in [0.1, 0.15) is 0 Å². The monoisotopic (exact) mass is 646 g/mol. The summed E-state index contributed by atoms with van der Waals surface area (Å²) >= 11 is 0. The van der Waals surface area contributed by atoms with E-state index in [1.54, 1.807) is 0 Å². The van der Waals surface area contributed by atoms with Crippen LogP contribution < -0.4 is 33.6 Å². The van der Waals surface area contributed by atoms with E-state index in [2.05, 4.69) is 102 Å². The number of rotatable bonds is 5. The van der Waals surface area contributed by atoms with Crippen molar-refractivity contribution < 1.29 is 0 Å². The van der Waals surface area contributed by atoms with E-state index in [9.17, 15) is 0 Å². The maximum atomic E-state index is 6.67. The van der Waals surface area contributed by atoms with Gasteiger partial charge in [-0.1, -0.05) is 91.0 Å². The number of anilines is 8. The van der Waals surface area contributed by atoms with Crippen LogP contribution in [0.25, 0.3) is 65.0 Å². The highest BCUT2D eigenvalue weighted by Gasteiger charge is 2.17. The second-order valence-electron chi connectivity index (χ2n) is 12.8. The molecule has 0 bridgehead atoms. The highest BCUT2D eigenvalue weighted by molar-refractivity contribution is 6.19. The second-order valence-corrected chi connectivity index (χ2v) is 12.8. The Morgan fingerprint density at radius 3 is 1.76 bits per heavy atom. The number of fused-ring (bicyclic) bond motifs is 5. The number of benzene rings is 9. The maximum absolute atomic E-state index is 6.67. The SMILES string of the molecule is Nc1ccc2ccccc2c1-c1c(N)ccc2cc(Nc3cccc4c(Nc5cccc6cccc(N)c56)c5cccc(N)c5cc34)ccc12. The molecule has 0 aromatic heterocycles. The first-order valence-corrected chi connectivity index (χ1v) is 16.6. The first-order chi connectivity index (χ1) is 24.4. The smallest absolute Gasteiger partial charge is 0.0545 e. The third-order valence-electron chi connectivity index (χ3n) is 9.81. The van der Waals surface area contributed by atoms with Crippen LogP contribution in [0.3, 0.4) is 0 Å². The number of nitrogen functional groups attached to an aromatic ring is 4. The van der Waals surface area contributed by atoms with Crippen molar-refractivity contribution in [1.29, 1.82) is 0 Å². The third kappa shape index (κ3) is 4.65. The van der Waals surface area contributed by atoms with Crippen molar-refractivity contribution in [2.75, 3.05) is 33.6 Å². The average Bonchev–Trinajstić information content (AvgIpc) is 3.13. The standard InChI is InChI=1S/C44H34N6/c45-35-13-5-11-31-33(35)24-34-32(44(31)50-40-16-4-9-26-8-3-14-36(46)41(26)40)12-6-15-39(34)49-28-19-20-30-27(23-28)18-22-38(48)43(30)42-29-10-2-1-7-25(29)17-21-37(42)47/h1-24,49-50H,45-48H2. The van der Waals surface area contributed by atoms with Crippen LogP contribution in [-0.4, -0.2) is 0 Å². The van der Waals surface area contributed by atoms with Crippen LogP contribution in [0.2, 0.25) is 0 Å². The van der Waals surface area contributed by atoms with Gasteiger partial charge in [-0.3, -0.25) is 0 Å². The Labute approximate surface area is 288 Å². The molecule has 0 amide bonds. The number of hydrogen-bond donors (Lipinski definition) is 6. The van der Waals surface area contributed by atoms with Crippen molar-refractivity contribution in [3.8, 4) is 11.1 Å². The quantitative estimate of drug-likeness (QED) is 0.0815. The summed E-state index contributed by atoms with van der Waals surface area (Å²) in [6.45, 7) is 0. The molecule has 0 saturated carbocycles. The minimum atomic E-state index is 0.688. The van der Waals surface area contributed by atoms with Gasteiger partial charge in [-0.05, 0) is 81.5 Å². The zero-order valence-electron chi connectivity index (χ0n) is 27.2. The van der Waals surface area contributed by atoms with Crippen molar-refractivity contribution in [2.24, 2.45) is 0 Å². The fourth-order valence-electron chi connectivity index (χ4n) is 7.47. The molecular formula is C44H34N6. The molecule has 9 aromatic carbocycles. The van der Waals surface area contributed by atoms with Gasteiger partial charge in [-0.15, -0.1) is 0 Å². The van der Waals surface area contributed by atoms with Gasteiger partial charge in [0.15, 0.2) is 0 Å². The van der Waals surface area contributed by atoms with Gasteiger partial charge in [-0.2, -0.15) is 0 Å². The van der Waals surface area contributed by atoms with E-state index >= 15 is 0 Å². The molecule has 9 rings (SSSR count). The second kappa shape index (κ2) is 11.4. The van der Waals surface area contributed by atoms with Crippen LogP contribution in [0.5, 0.6) is 0 Å². The summed E-state index contributed by atoms with van der Waals surface area (Å²) in [5.74, 6) is 0. The first-order valence-electron chi connectivity index (χ1n) is 16.6. The van der Waals surface area contributed by atoms with Gasteiger partial charge in [0, 0.05) is 77.9 Å². The number of nitrogens with one attached hydrogen (secondary N) is 2. The van der Waals surface area contributed by atoms with Crippen LogP contribution >= 0.6 is 0 Å². The molecule has 50 heavy (non-hydrogen) atoms. The number of nitrogens with two attached hydrogens (primary N) is 4. The Hall–Kier alpha value is -6.92. The van der Waals surface area contributed by atoms with E-state index in [1.807, 2.05) is 54.6 Å². The molecule has 0 spiro atoms. The van der Waals surface area contributed by atoms with Gasteiger partial charge < -0.3 is 33.6 Å². The van der Waals surface area contributed by atoms with E-state index in [4.69, 9.17) is 22.9 Å². The predicted octanol–water partition coefficient (Wildman–Crippen LogP) is 10.9. The summed E-state index contributed by atoms with van der Waals surface area (Å²) in [6, 6.07) is 49.4. The molecule has 0 fully saturated rings. The molecule has 10 N–H and O–H groups in total. The van der Waals surface area contributed by atoms with Crippen LogP contribution in [-0.2, 0) is 0 Å². The van der Waals surface area contributed by atoms with Crippen molar-refractivity contribution in [1.82, 2.24) is 0 Å². The molecule has 0 aliphatic heterocycles. The molecule has 0 radical (unpaired) electrons. The van der Waals surface area contributed by atoms with E-state index < -0.39 is 0 Å². The molecule has 9 aromatic rings. The molecule has 0 saturated heterocycles. The van der Waals surface area contributed by atoms with Gasteiger partial charge in [0.2, 0.25) is 0 Å². The fraction of sp³-hybridized carbons (Fsp3) is 0. The fourth-order valence-corrected chi connectivity index (χ4v) is 7.47. The minimum Gasteiger partial charge on any atom is -0.398 e. The summed E-state index contributed by atoms with van der Waals surface area (Å²) in [5, 5.41) is 17.9. The highest BCUT2D eigenvalue weighted by atomic mass is 14.9. The summed E-state index contributed by atoms with van der Waals surface area (Å²) < 4.78 is 0. The molecule has 240 valence electrons. The molecule has 0 heterocycles. The summed E-state index contributed by atoms with van der Waals surface area (Å²) in [5.41, 5.74) is 35.0. The summed E-state index contributed by atoms with van der Waals surface area (Å²) in [6.07, 6.45) is 0. The van der Waals surface area contributed by atoms with E-state index in [0.29, 0.717) is 17.1 Å². The predicted molar refractivity (Wildman–Crippen MR) is 217 cm³/mol. The lowest BCUT2D eigenvalue weighted by atomic mass is 9.91. The highest BCUT2D eigenvalue weighted by Crippen LogP contribution is 2.44. The Kier molecular flexibility index (Phi) is 6.64. The summed E-state index contributed by atoms with van der Waals surface area (Å²) in [4.78, 5) is 0. The molecule has 0 atom stereocenters. The van der Waals surface area contributed by atoms with Crippen LogP contribution in [0.4, 0.5) is 45.5 Å². The van der Waals surface area contributed by atoms with Gasteiger partial charge in [-0.25, -0.2) is 0 Å². The van der Waals surface area contributed by atoms with E-state index in [0.717, 1.165) is 93.4 Å². The largest absolute Gasteiger partial charge is 0.398 e. The topological polar surface area (TPSA) is 128 Å². The molecule has 0 aliphatic carbocycles.